The molecular formula is C18H23N3O3. The van der Waals surface area contributed by atoms with Crippen LogP contribution in [-0.4, -0.2) is 28.5 Å². The number of nitrogens with zero attached hydrogens (tertiary/aromatic N) is 2. The van der Waals surface area contributed by atoms with Gasteiger partial charge in [-0.15, -0.1) is 0 Å². The van der Waals surface area contributed by atoms with E-state index < -0.39 is 0 Å². The predicted molar refractivity (Wildman–Crippen MR) is 90.3 cm³/mol. The predicted octanol–water partition coefficient (Wildman–Crippen LogP) is 2.60. The van der Waals surface area contributed by atoms with E-state index in [1.807, 2.05) is 31.2 Å². The van der Waals surface area contributed by atoms with Crippen LogP contribution in [0, 0.1) is 11.8 Å². The van der Waals surface area contributed by atoms with E-state index in [-0.39, 0.29) is 35.8 Å². The molecule has 0 bridgehead atoms. The van der Waals surface area contributed by atoms with Crippen molar-refractivity contribution >= 4 is 22.9 Å². The number of benzene rings is 1. The van der Waals surface area contributed by atoms with E-state index >= 15 is 0 Å². The highest BCUT2D eigenvalue weighted by atomic mass is 16.5. The van der Waals surface area contributed by atoms with Crippen molar-refractivity contribution in [1.82, 2.24) is 14.9 Å². The second-order valence-corrected chi connectivity index (χ2v) is 6.62. The molecule has 1 heterocycles. The maximum atomic E-state index is 12.4. The lowest BCUT2D eigenvalue weighted by Gasteiger charge is -2.18. The van der Waals surface area contributed by atoms with Gasteiger partial charge in [0.05, 0.1) is 36.0 Å². The molecule has 0 aliphatic heterocycles. The van der Waals surface area contributed by atoms with E-state index in [2.05, 4.69) is 23.7 Å². The van der Waals surface area contributed by atoms with E-state index in [0.29, 0.717) is 6.42 Å². The highest BCUT2D eigenvalue weighted by Crippen LogP contribution is 2.40. The average molecular weight is 329 g/mol. The van der Waals surface area contributed by atoms with Gasteiger partial charge in [0.2, 0.25) is 5.91 Å². The van der Waals surface area contributed by atoms with E-state index in [0.717, 1.165) is 16.9 Å². The number of imidazole rings is 1. The Labute approximate surface area is 141 Å². The lowest BCUT2D eigenvalue weighted by molar-refractivity contribution is -0.143. The SMILES string of the molecule is COC(=O)[C@@H]1C[C@H]1C(=O)N[C@@H](C)c1nc2ccccc2n1C(C)C. The Hall–Kier alpha value is -2.37. The minimum Gasteiger partial charge on any atom is -0.469 e. The first-order chi connectivity index (χ1) is 11.4. The third-order valence-corrected chi connectivity index (χ3v) is 4.52. The molecule has 128 valence electrons. The highest BCUT2D eigenvalue weighted by Gasteiger charge is 2.49. The largest absolute Gasteiger partial charge is 0.469 e. The second-order valence-electron chi connectivity index (χ2n) is 6.62. The van der Waals surface area contributed by atoms with Gasteiger partial charge in [-0.1, -0.05) is 12.1 Å². The number of aromatic nitrogens is 2. The average Bonchev–Trinajstić information content (AvgIpc) is 3.26. The number of carbonyl (C=O) groups is 2. The molecule has 1 amide bonds. The van der Waals surface area contributed by atoms with Crippen molar-refractivity contribution in [2.24, 2.45) is 11.8 Å². The van der Waals surface area contributed by atoms with Crippen LogP contribution in [-0.2, 0) is 14.3 Å². The second kappa shape index (κ2) is 6.26. The van der Waals surface area contributed by atoms with Crippen LogP contribution in [0.15, 0.2) is 24.3 Å². The molecule has 1 N–H and O–H groups in total. The van der Waals surface area contributed by atoms with E-state index in [1.165, 1.54) is 7.11 Å². The van der Waals surface area contributed by atoms with Gasteiger partial charge in [0.1, 0.15) is 5.82 Å². The Morgan fingerprint density at radius 1 is 1.25 bits per heavy atom. The molecule has 0 spiro atoms. The first-order valence-electron chi connectivity index (χ1n) is 8.29. The van der Waals surface area contributed by atoms with Crippen molar-refractivity contribution in [3.05, 3.63) is 30.1 Å². The third-order valence-electron chi connectivity index (χ3n) is 4.52. The number of fused-ring (bicyclic) bond motifs is 1. The number of rotatable bonds is 5. The fraction of sp³-hybridized carbons (Fsp3) is 0.500. The maximum absolute atomic E-state index is 12.4. The van der Waals surface area contributed by atoms with Crippen LogP contribution in [0.5, 0.6) is 0 Å². The van der Waals surface area contributed by atoms with Crippen molar-refractivity contribution in [2.45, 2.75) is 39.3 Å². The van der Waals surface area contributed by atoms with Gasteiger partial charge in [-0.3, -0.25) is 9.59 Å². The molecule has 1 aliphatic carbocycles. The molecule has 3 rings (SSSR count). The molecule has 2 aromatic rings. The van der Waals surface area contributed by atoms with Gasteiger partial charge in [-0.05, 0) is 39.3 Å². The van der Waals surface area contributed by atoms with Crippen LogP contribution >= 0.6 is 0 Å². The number of nitrogens with one attached hydrogen (secondary N) is 1. The first-order valence-corrected chi connectivity index (χ1v) is 8.29. The summed E-state index contributed by atoms with van der Waals surface area (Å²) in [6.45, 7) is 6.12. The smallest absolute Gasteiger partial charge is 0.309 e. The summed E-state index contributed by atoms with van der Waals surface area (Å²) in [6, 6.07) is 7.95. The molecule has 0 unspecified atom stereocenters. The molecule has 0 radical (unpaired) electrons. The van der Waals surface area contributed by atoms with Crippen LogP contribution in [0.3, 0.4) is 0 Å². The summed E-state index contributed by atoms with van der Waals surface area (Å²) >= 11 is 0. The molecule has 1 aromatic carbocycles. The minimum absolute atomic E-state index is 0.111. The van der Waals surface area contributed by atoms with Crippen molar-refractivity contribution in [2.75, 3.05) is 7.11 Å². The number of carbonyl (C=O) groups excluding carboxylic acids is 2. The Morgan fingerprint density at radius 2 is 1.96 bits per heavy atom. The van der Waals surface area contributed by atoms with Gasteiger partial charge in [-0.2, -0.15) is 0 Å². The van der Waals surface area contributed by atoms with Gasteiger partial charge in [0.15, 0.2) is 0 Å². The van der Waals surface area contributed by atoms with Gasteiger partial charge < -0.3 is 14.6 Å². The summed E-state index contributed by atoms with van der Waals surface area (Å²) in [5.74, 6) is -0.171. The fourth-order valence-electron chi connectivity index (χ4n) is 3.19. The Bertz CT molecular complexity index is 781. The number of para-hydroxylation sites is 2. The first kappa shape index (κ1) is 16.5. The molecule has 1 saturated carbocycles. The number of ether oxygens (including phenoxy) is 1. The zero-order chi connectivity index (χ0) is 17.4. The molecule has 1 aliphatic rings. The highest BCUT2D eigenvalue weighted by molar-refractivity contribution is 5.90. The summed E-state index contributed by atoms with van der Waals surface area (Å²) in [4.78, 5) is 28.5. The number of hydrogen-bond donors (Lipinski definition) is 1. The maximum Gasteiger partial charge on any atom is 0.309 e. The quantitative estimate of drug-likeness (QED) is 0.856. The monoisotopic (exact) mass is 329 g/mol. The zero-order valence-corrected chi connectivity index (χ0v) is 14.4. The molecule has 1 fully saturated rings. The Balaban J connectivity index is 1.79. The summed E-state index contributed by atoms with van der Waals surface area (Å²) in [5.41, 5.74) is 1.98. The zero-order valence-electron chi connectivity index (χ0n) is 14.4. The molecule has 6 heteroatoms. The van der Waals surface area contributed by atoms with Crippen LogP contribution in [0.2, 0.25) is 0 Å². The van der Waals surface area contributed by atoms with Crippen molar-refractivity contribution < 1.29 is 14.3 Å². The summed E-state index contributed by atoms with van der Waals surface area (Å²) in [7, 11) is 1.35. The Kier molecular flexibility index (Phi) is 4.30. The van der Waals surface area contributed by atoms with Crippen LogP contribution in [0.25, 0.3) is 11.0 Å². The molecular weight excluding hydrogens is 306 g/mol. The summed E-state index contributed by atoms with van der Waals surface area (Å²) in [5, 5.41) is 2.99. The number of amides is 1. The van der Waals surface area contributed by atoms with E-state index in [9.17, 15) is 9.59 Å². The molecule has 6 nitrogen and oxygen atoms in total. The molecule has 3 atom stereocenters. The van der Waals surface area contributed by atoms with E-state index in [1.54, 1.807) is 0 Å². The minimum atomic E-state index is -0.308. The van der Waals surface area contributed by atoms with Crippen LogP contribution < -0.4 is 5.32 Å². The van der Waals surface area contributed by atoms with Gasteiger partial charge in [-0.25, -0.2) is 4.98 Å². The lowest BCUT2D eigenvalue weighted by Crippen LogP contribution is -2.31. The van der Waals surface area contributed by atoms with Gasteiger partial charge in [0, 0.05) is 6.04 Å². The number of hydrogen-bond acceptors (Lipinski definition) is 4. The van der Waals surface area contributed by atoms with Crippen molar-refractivity contribution in [3.8, 4) is 0 Å². The summed E-state index contributed by atoms with van der Waals surface area (Å²) < 4.78 is 6.84. The number of esters is 1. The molecule has 24 heavy (non-hydrogen) atoms. The van der Waals surface area contributed by atoms with Gasteiger partial charge in [0.25, 0.3) is 0 Å². The standard InChI is InChI=1S/C18H23N3O3/c1-10(2)21-15-8-6-5-7-14(15)20-16(21)11(3)19-17(22)12-9-13(12)18(23)24-4/h5-8,10-13H,9H2,1-4H3,(H,19,22)/t11-,12+,13+/m0/s1. The third kappa shape index (κ3) is 2.88. The van der Waals surface area contributed by atoms with Gasteiger partial charge >= 0.3 is 5.97 Å². The Morgan fingerprint density at radius 3 is 2.62 bits per heavy atom. The van der Waals surface area contributed by atoms with E-state index in [4.69, 9.17) is 9.72 Å². The molecule has 1 aromatic heterocycles. The normalized spacial score (nSPS) is 20.9. The van der Waals surface area contributed by atoms with Crippen LogP contribution in [0.1, 0.15) is 45.1 Å². The topological polar surface area (TPSA) is 73.2 Å². The fourth-order valence-corrected chi connectivity index (χ4v) is 3.19. The lowest BCUT2D eigenvalue weighted by atomic mass is 10.2. The van der Waals surface area contributed by atoms with Crippen molar-refractivity contribution in [1.29, 1.82) is 0 Å². The summed E-state index contributed by atoms with van der Waals surface area (Å²) in [6.07, 6.45) is 0.561. The number of methoxy groups -OCH3 is 1. The van der Waals surface area contributed by atoms with Crippen molar-refractivity contribution in [3.63, 3.8) is 0 Å². The van der Waals surface area contributed by atoms with Crippen LogP contribution in [0.4, 0.5) is 0 Å². The molecule has 0 saturated heterocycles.